The highest BCUT2D eigenvalue weighted by Gasteiger charge is 2.21. The molecule has 0 amide bonds. The van der Waals surface area contributed by atoms with Gasteiger partial charge in [-0.2, -0.15) is 0 Å². The molecule has 0 unspecified atom stereocenters. The van der Waals surface area contributed by atoms with Crippen LogP contribution in [0, 0.1) is 27.7 Å². The zero-order chi connectivity index (χ0) is 49.4. The minimum absolute atomic E-state index is 0.718. The fraction of sp³-hybridized carbons (Fsp3) is 0.0588. The summed E-state index contributed by atoms with van der Waals surface area (Å²) in [5.41, 5.74) is 22.1. The first-order valence-corrected chi connectivity index (χ1v) is 25.0. The molecule has 73 heavy (non-hydrogen) atoms. The van der Waals surface area contributed by atoms with E-state index >= 15 is 0 Å². The van der Waals surface area contributed by atoms with E-state index in [1.165, 1.54) is 44.2 Å². The van der Waals surface area contributed by atoms with Gasteiger partial charge in [-0.25, -0.2) is 9.97 Å². The number of para-hydroxylation sites is 4. The van der Waals surface area contributed by atoms with E-state index in [1.54, 1.807) is 0 Å². The summed E-state index contributed by atoms with van der Waals surface area (Å²) in [7, 11) is 0. The molecule has 0 spiro atoms. The lowest BCUT2D eigenvalue weighted by Crippen LogP contribution is -2.09. The van der Waals surface area contributed by atoms with E-state index < -0.39 is 0 Å². The normalized spacial score (nSPS) is 11.3. The first-order valence-electron chi connectivity index (χ1n) is 25.0. The molecule has 0 N–H and O–H groups in total. The number of hydrogen-bond acceptors (Lipinski definition) is 4. The standard InChI is InChI=1S/C68H53N5/c1-46-25-29-50(30-26-46)63-45-64(70-68(69-63)52-31-27-47(2)28-32-52)53-41-48(3)67(49(4)42-53)51-33-35-58(36-34-51)73-65-39-37-59(71(54-17-9-5-10-18-54)55-19-11-6-12-20-55)43-61(65)62-44-60(38-40-66(62)73)72(56-21-13-7-14-22-56)57-23-15-8-16-24-57/h5-45H,1-4H3. The summed E-state index contributed by atoms with van der Waals surface area (Å²) in [5.74, 6) is 0.718. The van der Waals surface area contributed by atoms with Crippen LogP contribution in [0.25, 0.3) is 72.5 Å². The monoisotopic (exact) mass is 939 g/mol. The van der Waals surface area contributed by atoms with E-state index in [-0.39, 0.29) is 0 Å². The van der Waals surface area contributed by atoms with Crippen LogP contribution in [0.2, 0.25) is 0 Å². The first kappa shape index (κ1) is 44.9. The quantitative estimate of drug-likeness (QED) is 0.129. The molecule has 12 rings (SSSR count). The van der Waals surface area contributed by atoms with Gasteiger partial charge < -0.3 is 14.4 Å². The Morgan fingerprint density at radius 2 is 0.699 bits per heavy atom. The number of nitrogens with zero attached hydrogens (tertiary/aromatic N) is 5. The maximum Gasteiger partial charge on any atom is 0.160 e. The Morgan fingerprint density at radius 1 is 0.315 bits per heavy atom. The van der Waals surface area contributed by atoms with Crippen molar-refractivity contribution in [2.75, 3.05) is 9.80 Å². The van der Waals surface area contributed by atoms with Crippen molar-refractivity contribution in [3.8, 4) is 50.7 Å². The average Bonchev–Trinajstić information content (AvgIpc) is 3.76. The first-order chi connectivity index (χ1) is 35.8. The van der Waals surface area contributed by atoms with Crippen molar-refractivity contribution in [2.45, 2.75) is 27.7 Å². The second kappa shape index (κ2) is 19.1. The van der Waals surface area contributed by atoms with Gasteiger partial charge in [-0.1, -0.05) is 145 Å². The highest BCUT2D eigenvalue weighted by atomic mass is 15.1. The number of fused-ring (bicyclic) bond motifs is 3. The fourth-order valence-electron chi connectivity index (χ4n) is 10.4. The summed E-state index contributed by atoms with van der Waals surface area (Å²) in [5, 5.41) is 2.33. The van der Waals surface area contributed by atoms with Crippen LogP contribution >= 0.6 is 0 Å². The van der Waals surface area contributed by atoms with Gasteiger partial charge in [-0.3, -0.25) is 0 Å². The number of benzene rings is 10. The average molecular weight is 940 g/mol. The molecule has 0 fully saturated rings. The van der Waals surface area contributed by atoms with Gasteiger partial charge in [0.05, 0.1) is 22.4 Å². The Kier molecular flexibility index (Phi) is 11.7. The minimum atomic E-state index is 0.718. The zero-order valence-corrected chi connectivity index (χ0v) is 41.4. The van der Waals surface area contributed by atoms with E-state index in [2.05, 4.69) is 291 Å². The van der Waals surface area contributed by atoms with E-state index in [9.17, 15) is 0 Å². The van der Waals surface area contributed by atoms with Crippen molar-refractivity contribution < 1.29 is 0 Å². The molecule has 350 valence electrons. The summed E-state index contributed by atoms with van der Waals surface area (Å²) in [4.78, 5) is 15.0. The number of hydrogen-bond donors (Lipinski definition) is 0. The van der Waals surface area contributed by atoms with Gasteiger partial charge >= 0.3 is 0 Å². The third kappa shape index (κ3) is 8.72. The Bertz CT molecular complexity index is 3600. The van der Waals surface area contributed by atoms with Crippen LogP contribution in [0.5, 0.6) is 0 Å². The molecule has 5 nitrogen and oxygen atoms in total. The van der Waals surface area contributed by atoms with Crippen molar-refractivity contribution in [1.82, 2.24) is 14.5 Å². The topological polar surface area (TPSA) is 37.2 Å². The molecule has 0 atom stereocenters. The van der Waals surface area contributed by atoms with Crippen molar-refractivity contribution in [3.63, 3.8) is 0 Å². The maximum atomic E-state index is 5.19. The van der Waals surface area contributed by atoms with Crippen molar-refractivity contribution in [3.05, 3.63) is 271 Å². The second-order valence-corrected chi connectivity index (χ2v) is 19.0. The van der Waals surface area contributed by atoms with Crippen molar-refractivity contribution >= 4 is 55.9 Å². The molecule has 12 aromatic rings. The molecular formula is C68H53N5. The van der Waals surface area contributed by atoms with E-state index in [4.69, 9.17) is 9.97 Å². The van der Waals surface area contributed by atoms with Crippen LogP contribution in [0.15, 0.2) is 249 Å². The third-order valence-electron chi connectivity index (χ3n) is 13.9. The second-order valence-electron chi connectivity index (χ2n) is 19.0. The molecule has 2 aromatic heterocycles. The third-order valence-corrected chi connectivity index (χ3v) is 13.9. The largest absolute Gasteiger partial charge is 0.310 e. The SMILES string of the molecule is Cc1ccc(-c2cc(-c3cc(C)c(-c4ccc(-n5c6ccc(N(c7ccccc7)c7ccccc7)cc6c6cc(N(c7ccccc7)c7ccccc7)ccc65)cc4)c(C)c3)nc(-c3ccc(C)cc3)n2)cc1. The van der Waals surface area contributed by atoms with Crippen LogP contribution < -0.4 is 9.80 Å². The lowest BCUT2D eigenvalue weighted by molar-refractivity contribution is 1.17. The summed E-state index contributed by atoms with van der Waals surface area (Å²) in [6.45, 7) is 8.65. The minimum Gasteiger partial charge on any atom is -0.310 e. The predicted molar refractivity (Wildman–Crippen MR) is 306 cm³/mol. The van der Waals surface area contributed by atoms with Gasteiger partial charge in [0.15, 0.2) is 5.82 Å². The molecule has 0 aliphatic rings. The molecule has 10 aromatic carbocycles. The summed E-state index contributed by atoms with van der Waals surface area (Å²) >= 11 is 0. The zero-order valence-electron chi connectivity index (χ0n) is 41.4. The molecular weight excluding hydrogens is 887 g/mol. The maximum absolute atomic E-state index is 5.19. The Hall–Kier alpha value is -9.32. The van der Waals surface area contributed by atoms with E-state index in [0.717, 1.165) is 84.7 Å². The smallest absolute Gasteiger partial charge is 0.160 e. The summed E-state index contributed by atoms with van der Waals surface area (Å²) in [6.07, 6.45) is 0. The van der Waals surface area contributed by atoms with Gasteiger partial charge in [0, 0.05) is 67.3 Å². The molecule has 2 heterocycles. The molecule has 0 saturated carbocycles. The molecule has 0 bridgehead atoms. The van der Waals surface area contributed by atoms with Crippen molar-refractivity contribution in [1.29, 1.82) is 0 Å². The number of anilines is 6. The molecule has 0 aliphatic carbocycles. The predicted octanol–water partition coefficient (Wildman–Crippen LogP) is 18.4. The molecule has 0 aliphatic heterocycles. The number of aryl methyl sites for hydroxylation is 4. The van der Waals surface area contributed by atoms with Crippen LogP contribution in [-0.2, 0) is 0 Å². The Morgan fingerprint density at radius 3 is 1.12 bits per heavy atom. The summed E-state index contributed by atoms with van der Waals surface area (Å²) < 4.78 is 2.42. The van der Waals surface area contributed by atoms with E-state index in [0.29, 0.717) is 0 Å². The highest BCUT2D eigenvalue weighted by Crippen LogP contribution is 2.43. The van der Waals surface area contributed by atoms with Crippen LogP contribution in [0.3, 0.4) is 0 Å². The van der Waals surface area contributed by atoms with Crippen LogP contribution in [-0.4, -0.2) is 14.5 Å². The number of rotatable bonds is 11. The Balaban J connectivity index is 0.971. The van der Waals surface area contributed by atoms with Gasteiger partial charge in [-0.05, 0) is 165 Å². The number of aromatic nitrogens is 3. The highest BCUT2D eigenvalue weighted by molar-refractivity contribution is 6.12. The molecule has 5 heteroatoms. The van der Waals surface area contributed by atoms with Crippen LogP contribution in [0.4, 0.5) is 34.1 Å². The van der Waals surface area contributed by atoms with Crippen LogP contribution in [0.1, 0.15) is 22.3 Å². The van der Waals surface area contributed by atoms with Crippen molar-refractivity contribution in [2.24, 2.45) is 0 Å². The lowest BCUT2D eigenvalue weighted by Gasteiger charge is -2.26. The summed E-state index contributed by atoms with van der Waals surface area (Å²) in [6, 6.07) is 89.2. The fourth-order valence-corrected chi connectivity index (χ4v) is 10.4. The van der Waals surface area contributed by atoms with Gasteiger partial charge in [-0.15, -0.1) is 0 Å². The van der Waals surface area contributed by atoms with E-state index in [1.807, 2.05) is 0 Å². The Labute approximate surface area is 427 Å². The molecule has 0 radical (unpaired) electrons. The molecule has 0 saturated heterocycles. The van der Waals surface area contributed by atoms with Gasteiger partial charge in [0.25, 0.3) is 0 Å². The van der Waals surface area contributed by atoms with Gasteiger partial charge in [0.1, 0.15) is 0 Å². The lowest BCUT2D eigenvalue weighted by atomic mass is 9.92. The van der Waals surface area contributed by atoms with Gasteiger partial charge in [0.2, 0.25) is 0 Å².